The standard InChI is InChI=1S/C10H9N3O5.ClH/c11-18-3-6-9(10(16)17)13-5-2-8(15)7(14)1-4(5)12-6;/h1-2,14-15H,3,11H2,(H,16,17);1H. The average molecular weight is 288 g/mol. The van der Waals surface area contributed by atoms with Crippen molar-refractivity contribution in [2.75, 3.05) is 0 Å². The molecular formula is C10H10ClN3O5. The molecule has 19 heavy (non-hydrogen) atoms. The predicted octanol–water partition coefficient (Wildman–Crippen LogP) is 0.551. The number of hydrogen-bond donors (Lipinski definition) is 4. The smallest absolute Gasteiger partial charge is 0.356 e. The van der Waals surface area contributed by atoms with Crippen LogP contribution in [0.3, 0.4) is 0 Å². The molecule has 1 aromatic heterocycles. The van der Waals surface area contributed by atoms with E-state index in [0.717, 1.165) is 6.07 Å². The highest BCUT2D eigenvalue weighted by Gasteiger charge is 2.16. The topological polar surface area (TPSA) is 139 Å². The summed E-state index contributed by atoms with van der Waals surface area (Å²) in [7, 11) is 0. The molecule has 0 spiro atoms. The van der Waals surface area contributed by atoms with Crippen LogP contribution in [0.1, 0.15) is 16.2 Å². The fourth-order valence-electron chi connectivity index (χ4n) is 1.47. The highest BCUT2D eigenvalue weighted by molar-refractivity contribution is 5.90. The van der Waals surface area contributed by atoms with Gasteiger partial charge in [-0.25, -0.2) is 20.7 Å². The minimum Gasteiger partial charge on any atom is -0.504 e. The van der Waals surface area contributed by atoms with Gasteiger partial charge in [-0.3, -0.25) is 4.84 Å². The third-order valence-electron chi connectivity index (χ3n) is 2.26. The highest BCUT2D eigenvalue weighted by atomic mass is 35.5. The summed E-state index contributed by atoms with van der Waals surface area (Å²) in [4.78, 5) is 23.1. The Hall–Kier alpha value is -2.16. The monoisotopic (exact) mass is 287 g/mol. The van der Waals surface area contributed by atoms with Gasteiger partial charge in [-0.2, -0.15) is 0 Å². The summed E-state index contributed by atoms with van der Waals surface area (Å²) in [6.07, 6.45) is 0. The third kappa shape index (κ3) is 2.81. The second kappa shape index (κ2) is 5.65. The Kier molecular flexibility index (Phi) is 4.43. The van der Waals surface area contributed by atoms with E-state index in [1.807, 2.05) is 0 Å². The van der Waals surface area contributed by atoms with E-state index >= 15 is 0 Å². The molecule has 8 nitrogen and oxygen atoms in total. The first-order chi connectivity index (χ1) is 8.52. The van der Waals surface area contributed by atoms with E-state index in [-0.39, 0.29) is 47.2 Å². The summed E-state index contributed by atoms with van der Waals surface area (Å²) in [6.45, 7) is -0.230. The minimum absolute atomic E-state index is 0. The van der Waals surface area contributed by atoms with Gasteiger partial charge in [0, 0.05) is 12.1 Å². The summed E-state index contributed by atoms with van der Waals surface area (Å²) in [5, 5.41) is 27.6. The molecule has 102 valence electrons. The lowest BCUT2D eigenvalue weighted by molar-refractivity contribution is 0.0679. The van der Waals surface area contributed by atoms with E-state index in [1.54, 1.807) is 0 Å². The summed E-state index contributed by atoms with van der Waals surface area (Å²) >= 11 is 0. The molecule has 9 heteroatoms. The van der Waals surface area contributed by atoms with Gasteiger partial charge >= 0.3 is 5.97 Å². The number of carboxylic acids is 1. The van der Waals surface area contributed by atoms with Gasteiger partial charge in [-0.15, -0.1) is 12.4 Å². The van der Waals surface area contributed by atoms with E-state index in [0.29, 0.717) is 0 Å². The average Bonchev–Trinajstić information content (AvgIpc) is 2.30. The number of rotatable bonds is 3. The number of aromatic carboxylic acids is 1. The Morgan fingerprint density at radius 2 is 1.74 bits per heavy atom. The van der Waals surface area contributed by atoms with E-state index in [4.69, 9.17) is 11.0 Å². The van der Waals surface area contributed by atoms with Crippen LogP contribution in [0, 0.1) is 0 Å². The molecule has 0 fully saturated rings. The first-order valence-corrected chi connectivity index (χ1v) is 4.80. The number of carbonyl (C=O) groups is 1. The normalized spacial score (nSPS) is 10.2. The van der Waals surface area contributed by atoms with Crippen molar-refractivity contribution in [1.82, 2.24) is 9.97 Å². The molecule has 0 aliphatic heterocycles. The Bertz CT molecular complexity index is 634. The van der Waals surface area contributed by atoms with Crippen molar-refractivity contribution in [3.63, 3.8) is 0 Å². The summed E-state index contributed by atoms with van der Waals surface area (Å²) in [5.41, 5.74) is 0.0754. The van der Waals surface area contributed by atoms with Crippen LogP contribution in [0.4, 0.5) is 0 Å². The fraction of sp³-hybridized carbons (Fsp3) is 0.100. The van der Waals surface area contributed by atoms with Crippen molar-refractivity contribution in [3.8, 4) is 11.5 Å². The Morgan fingerprint density at radius 3 is 2.21 bits per heavy atom. The van der Waals surface area contributed by atoms with Crippen LogP contribution in [-0.2, 0) is 11.4 Å². The summed E-state index contributed by atoms with van der Waals surface area (Å²) in [5.74, 6) is 2.81. The molecule has 0 amide bonds. The zero-order valence-electron chi connectivity index (χ0n) is 9.40. The van der Waals surface area contributed by atoms with Crippen molar-refractivity contribution in [2.24, 2.45) is 5.90 Å². The maximum atomic E-state index is 11.0. The second-order valence-corrected chi connectivity index (χ2v) is 3.46. The molecule has 2 rings (SSSR count). The quantitative estimate of drug-likeness (QED) is 0.474. The van der Waals surface area contributed by atoms with Gasteiger partial charge in [-0.05, 0) is 0 Å². The van der Waals surface area contributed by atoms with Crippen molar-refractivity contribution in [2.45, 2.75) is 6.61 Å². The van der Waals surface area contributed by atoms with Crippen molar-refractivity contribution >= 4 is 29.4 Å². The van der Waals surface area contributed by atoms with E-state index in [1.165, 1.54) is 6.07 Å². The van der Waals surface area contributed by atoms with Gasteiger partial charge in [0.1, 0.15) is 12.3 Å². The maximum Gasteiger partial charge on any atom is 0.356 e. The molecule has 1 heterocycles. The molecule has 1 aromatic carbocycles. The lowest BCUT2D eigenvalue weighted by atomic mass is 10.2. The van der Waals surface area contributed by atoms with Gasteiger partial charge in [0.05, 0.1) is 11.0 Å². The van der Waals surface area contributed by atoms with Crippen molar-refractivity contribution < 1.29 is 25.0 Å². The zero-order chi connectivity index (χ0) is 13.3. The van der Waals surface area contributed by atoms with Gasteiger partial charge in [0.25, 0.3) is 0 Å². The Morgan fingerprint density at radius 1 is 1.21 bits per heavy atom. The van der Waals surface area contributed by atoms with Gasteiger partial charge in [0.15, 0.2) is 17.2 Å². The predicted molar refractivity (Wildman–Crippen MR) is 66.1 cm³/mol. The van der Waals surface area contributed by atoms with E-state index in [9.17, 15) is 15.0 Å². The number of nitrogens with two attached hydrogens (primary N) is 1. The number of carboxylic acid groups (broad SMARTS) is 1. The largest absolute Gasteiger partial charge is 0.504 e. The summed E-state index contributed by atoms with van der Waals surface area (Å²) in [6, 6.07) is 2.29. The van der Waals surface area contributed by atoms with Crippen LogP contribution in [0.15, 0.2) is 12.1 Å². The van der Waals surface area contributed by atoms with Crippen LogP contribution in [0.25, 0.3) is 11.0 Å². The molecule has 0 radical (unpaired) electrons. The molecule has 0 saturated heterocycles. The van der Waals surface area contributed by atoms with Gasteiger partial charge in [0.2, 0.25) is 0 Å². The second-order valence-electron chi connectivity index (χ2n) is 3.46. The minimum atomic E-state index is -1.29. The number of aromatic hydroxyl groups is 2. The molecule has 0 aliphatic rings. The first kappa shape index (κ1) is 14.9. The fourth-order valence-corrected chi connectivity index (χ4v) is 1.47. The van der Waals surface area contributed by atoms with Crippen molar-refractivity contribution in [1.29, 1.82) is 0 Å². The Labute approximate surface area is 112 Å². The first-order valence-electron chi connectivity index (χ1n) is 4.80. The number of phenolic OH excluding ortho intramolecular Hbond substituents is 2. The van der Waals surface area contributed by atoms with E-state index in [2.05, 4.69) is 14.8 Å². The van der Waals surface area contributed by atoms with Crippen LogP contribution >= 0.6 is 12.4 Å². The molecule has 0 bridgehead atoms. The number of hydrogen-bond acceptors (Lipinski definition) is 7. The number of nitrogens with zero attached hydrogens (tertiary/aromatic N) is 2. The van der Waals surface area contributed by atoms with E-state index < -0.39 is 11.7 Å². The molecule has 0 atom stereocenters. The summed E-state index contributed by atoms with van der Waals surface area (Å²) < 4.78 is 0. The third-order valence-corrected chi connectivity index (χ3v) is 2.26. The molecular weight excluding hydrogens is 278 g/mol. The maximum absolute atomic E-state index is 11.0. The number of aromatic nitrogens is 2. The number of fused-ring (bicyclic) bond motifs is 1. The van der Waals surface area contributed by atoms with Gasteiger partial charge in [-0.1, -0.05) is 0 Å². The molecule has 0 unspecified atom stereocenters. The Balaban J connectivity index is 0.00000180. The van der Waals surface area contributed by atoms with Crippen molar-refractivity contribution in [3.05, 3.63) is 23.5 Å². The molecule has 5 N–H and O–H groups in total. The SMILES string of the molecule is Cl.NOCc1nc2cc(O)c(O)cc2nc1C(=O)O. The number of phenols is 2. The van der Waals surface area contributed by atoms with Crippen LogP contribution < -0.4 is 5.90 Å². The molecule has 2 aromatic rings. The molecule has 0 saturated carbocycles. The lowest BCUT2D eigenvalue weighted by Gasteiger charge is -2.06. The zero-order valence-corrected chi connectivity index (χ0v) is 10.2. The van der Waals surface area contributed by atoms with Gasteiger partial charge < -0.3 is 15.3 Å². The van der Waals surface area contributed by atoms with Crippen LogP contribution in [-0.4, -0.2) is 31.3 Å². The lowest BCUT2D eigenvalue weighted by Crippen LogP contribution is -2.11. The number of benzene rings is 1. The number of halogens is 1. The highest BCUT2D eigenvalue weighted by Crippen LogP contribution is 2.28. The van der Waals surface area contributed by atoms with Crippen LogP contribution in [0.5, 0.6) is 11.5 Å². The molecule has 0 aliphatic carbocycles. The van der Waals surface area contributed by atoms with Crippen LogP contribution in [0.2, 0.25) is 0 Å².